The van der Waals surface area contributed by atoms with Crippen LogP contribution in [-0.2, 0) is 17.9 Å². The number of anilines is 1. The predicted molar refractivity (Wildman–Crippen MR) is 122 cm³/mol. The SMILES string of the molecule is COc1ccc(Cn2c(=O)c3ncccc3n(CC(=O)Nc3cccc(C)c3)c2=O)cc1. The average molecular weight is 430 g/mol. The van der Waals surface area contributed by atoms with E-state index in [0.29, 0.717) is 17.0 Å². The zero-order chi connectivity index (χ0) is 22.7. The van der Waals surface area contributed by atoms with Gasteiger partial charge in [0.1, 0.15) is 12.3 Å². The van der Waals surface area contributed by atoms with Crippen molar-refractivity contribution in [2.45, 2.75) is 20.0 Å². The second-order valence-electron chi connectivity index (χ2n) is 7.40. The highest BCUT2D eigenvalue weighted by Gasteiger charge is 2.16. The molecule has 0 atom stereocenters. The van der Waals surface area contributed by atoms with Crippen LogP contribution in [0.2, 0.25) is 0 Å². The molecule has 2 heterocycles. The van der Waals surface area contributed by atoms with Gasteiger partial charge in [-0.25, -0.2) is 9.78 Å². The average Bonchev–Trinajstić information content (AvgIpc) is 2.80. The molecule has 0 aliphatic rings. The number of carbonyl (C=O) groups is 1. The van der Waals surface area contributed by atoms with Crippen molar-refractivity contribution in [3.63, 3.8) is 0 Å². The molecule has 0 fully saturated rings. The molecule has 0 radical (unpaired) electrons. The zero-order valence-corrected chi connectivity index (χ0v) is 17.7. The Morgan fingerprint density at radius 3 is 2.53 bits per heavy atom. The molecule has 2 aromatic heterocycles. The van der Waals surface area contributed by atoms with Crippen molar-refractivity contribution in [2.75, 3.05) is 12.4 Å². The van der Waals surface area contributed by atoms with Gasteiger partial charge in [-0.3, -0.25) is 18.7 Å². The van der Waals surface area contributed by atoms with Crippen molar-refractivity contribution in [1.29, 1.82) is 0 Å². The van der Waals surface area contributed by atoms with Crippen LogP contribution < -0.4 is 21.3 Å². The fourth-order valence-electron chi connectivity index (χ4n) is 3.52. The molecule has 1 amide bonds. The normalized spacial score (nSPS) is 10.8. The molecule has 0 spiro atoms. The van der Waals surface area contributed by atoms with E-state index in [-0.39, 0.29) is 24.5 Å². The van der Waals surface area contributed by atoms with Crippen LogP contribution in [0.15, 0.2) is 76.4 Å². The molecule has 4 aromatic rings. The number of benzene rings is 2. The number of fused-ring (bicyclic) bond motifs is 1. The van der Waals surface area contributed by atoms with Crippen molar-refractivity contribution in [1.82, 2.24) is 14.1 Å². The lowest BCUT2D eigenvalue weighted by atomic mass is 10.2. The number of ether oxygens (including phenoxy) is 1. The van der Waals surface area contributed by atoms with Gasteiger partial charge in [0.15, 0.2) is 5.52 Å². The van der Waals surface area contributed by atoms with Gasteiger partial charge in [-0.2, -0.15) is 0 Å². The summed E-state index contributed by atoms with van der Waals surface area (Å²) in [6.07, 6.45) is 1.49. The molecule has 4 rings (SSSR count). The minimum Gasteiger partial charge on any atom is -0.497 e. The van der Waals surface area contributed by atoms with E-state index in [9.17, 15) is 14.4 Å². The van der Waals surface area contributed by atoms with Crippen LogP contribution in [0.25, 0.3) is 11.0 Å². The van der Waals surface area contributed by atoms with Crippen molar-refractivity contribution in [3.8, 4) is 5.75 Å². The summed E-state index contributed by atoms with van der Waals surface area (Å²) in [7, 11) is 1.56. The molecule has 0 aliphatic carbocycles. The Hall–Kier alpha value is -4.20. The fourth-order valence-corrected chi connectivity index (χ4v) is 3.52. The van der Waals surface area contributed by atoms with Crippen LogP contribution in [0.4, 0.5) is 5.69 Å². The highest BCUT2D eigenvalue weighted by atomic mass is 16.5. The predicted octanol–water partition coefficient (Wildman–Crippen LogP) is 2.56. The van der Waals surface area contributed by atoms with E-state index >= 15 is 0 Å². The van der Waals surface area contributed by atoms with Gasteiger partial charge in [-0.1, -0.05) is 24.3 Å². The summed E-state index contributed by atoms with van der Waals surface area (Å²) in [5.74, 6) is 0.295. The Balaban J connectivity index is 1.73. The molecule has 1 N–H and O–H groups in total. The first-order chi connectivity index (χ1) is 15.5. The summed E-state index contributed by atoms with van der Waals surface area (Å²) in [5, 5.41) is 2.80. The maximum Gasteiger partial charge on any atom is 0.332 e. The summed E-state index contributed by atoms with van der Waals surface area (Å²) in [6, 6.07) is 17.7. The van der Waals surface area contributed by atoms with Crippen molar-refractivity contribution in [2.24, 2.45) is 0 Å². The minimum atomic E-state index is -0.578. The number of aryl methyl sites for hydroxylation is 1. The Morgan fingerprint density at radius 2 is 1.81 bits per heavy atom. The lowest BCUT2D eigenvalue weighted by Crippen LogP contribution is -2.42. The molecule has 8 nitrogen and oxygen atoms in total. The summed E-state index contributed by atoms with van der Waals surface area (Å²) in [6.45, 7) is 1.72. The molecule has 0 aliphatic heterocycles. The van der Waals surface area contributed by atoms with Gasteiger partial charge in [-0.05, 0) is 54.4 Å². The summed E-state index contributed by atoms with van der Waals surface area (Å²) >= 11 is 0. The van der Waals surface area contributed by atoms with E-state index in [4.69, 9.17) is 4.74 Å². The molecule has 0 unspecified atom stereocenters. The first kappa shape index (κ1) is 21.0. The molecule has 2 aromatic carbocycles. The number of nitrogens with zero attached hydrogens (tertiary/aromatic N) is 3. The van der Waals surface area contributed by atoms with Crippen molar-refractivity contribution < 1.29 is 9.53 Å². The Labute approximate surface area is 183 Å². The number of hydrogen-bond acceptors (Lipinski definition) is 5. The van der Waals surface area contributed by atoms with Crippen LogP contribution in [0.3, 0.4) is 0 Å². The van der Waals surface area contributed by atoms with Gasteiger partial charge in [0.05, 0.1) is 19.2 Å². The van der Waals surface area contributed by atoms with E-state index in [0.717, 1.165) is 15.7 Å². The number of pyridine rings is 1. The Kier molecular flexibility index (Phi) is 5.85. The van der Waals surface area contributed by atoms with Gasteiger partial charge < -0.3 is 10.1 Å². The fraction of sp³-hybridized carbons (Fsp3) is 0.167. The number of hydrogen-bond donors (Lipinski definition) is 1. The van der Waals surface area contributed by atoms with E-state index in [1.54, 1.807) is 49.6 Å². The third-order valence-corrected chi connectivity index (χ3v) is 5.09. The van der Waals surface area contributed by atoms with E-state index in [1.807, 2.05) is 25.1 Å². The largest absolute Gasteiger partial charge is 0.497 e. The topological polar surface area (TPSA) is 95.2 Å². The number of amides is 1. The van der Waals surface area contributed by atoms with Gasteiger partial charge in [0, 0.05) is 11.9 Å². The van der Waals surface area contributed by atoms with Crippen molar-refractivity contribution >= 4 is 22.6 Å². The standard InChI is InChI=1S/C24H22N4O4/c1-16-5-3-6-18(13-16)26-21(29)15-27-20-7-4-12-25-22(20)23(30)28(24(27)31)14-17-8-10-19(32-2)11-9-17/h3-13H,14-15H2,1-2H3,(H,26,29). The maximum atomic E-state index is 13.3. The van der Waals surface area contributed by atoms with Gasteiger partial charge in [0.2, 0.25) is 5.91 Å². The Bertz CT molecular complexity index is 1400. The van der Waals surface area contributed by atoms with E-state index in [2.05, 4.69) is 10.3 Å². The Morgan fingerprint density at radius 1 is 1.03 bits per heavy atom. The lowest BCUT2D eigenvalue weighted by Gasteiger charge is -2.14. The summed E-state index contributed by atoms with van der Waals surface area (Å²) in [5.41, 5.74) is 1.75. The second kappa shape index (κ2) is 8.89. The third kappa shape index (κ3) is 4.29. The van der Waals surface area contributed by atoms with E-state index in [1.165, 1.54) is 10.8 Å². The highest BCUT2D eigenvalue weighted by molar-refractivity contribution is 5.91. The molecule has 0 saturated heterocycles. The molecule has 0 saturated carbocycles. The van der Waals surface area contributed by atoms with Gasteiger partial charge in [-0.15, -0.1) is 0 Å². The highest BCUT2D eigenvalue weighted by Crippen LogP contribution is 2.13. The third-order valence-electron chi connectivity index (χ3n) is 5.09. The molecular formula is C24H22N4O4. The van der Waals surface area contributed by atoms with Crippen LogP contribution in [0, 0.1) is 6.92 Å². The van der Waals surface area contributed by atoms with Crippen LogP contribution in [-0.4, -0.2) is 27.1 Å². The lowest BCUT2D eigenvalue weighted by molar-refractivity contribution is -0.116. The minimum absolute atomic E-state index is 0.0493. The number of aromatic nitrogens is 3. The monoisotopic (exact) mass is 430 g/mol. The van der Waals surface area contributed by atoms with Gasteiger partial charge in [0.25, 0.3) is 5.56 Å². The molecule has 0 bridgehead atoms. The van der Waals surface area contributed by atoms with E-state index < -0.39 is 11.2 Å². The maximum absolute atomic E-state index is 13.3. The smallest absolute Gasteiger partial charge is 0.332 e. The van der Waals surface area contributed by atoms with Crippen LogP contribution in [0.1, 0.15) is 11.1 Å². The summed E-state index contributed by atoms with van der Waals surface area (Å²) in [4.78, 5) is 43.2. The van der Waals surface area contributed by atoms with Gasteiger partial charge >= 0.3 is 5.69 Å². The van der Waals surface area contributed by atoms with Crippen LogP contribution in [0.5, 0.6) is 5.75 Å². The zero-order valence-electron chi connectivity index (χ0n) is 17.7. The quantitative estimate of drug-likeness (QED) is 0.507. The number of rotatable bonds is 6. The molecule has 8 heteroatoms. The first-order valence-corrected chi connectivity index (χ1v) is 10.0. The summed E-state index contributed by atoms with van der Waals surface area (Å²) < 4.78 is 7.53. The van der Waals surface area contributed by atoms with Crippen molar-refractivity contribution in [3.05, 3.63) is 98.8 Å². The molecular weight excluding hydrogens is 408 g/mol. The second-order valence-corrected chi connectivity index (χ2v) is 7.40. The first-order valence-electron chi connectivity index (χ1n) is 10.0. The number of carbonyl (C=O) groups excluding carboxylic acids is 1. The number of methoxy groups -OCH3 is 1. The number of nitrogens with one attached hydrogen (secondary N) is 1. The van der Waals surface area contributed by atoms with Crippen LogP contribution >= 0.6 is 0 Å². The molecule has 162 valence electrons. The molecule has 32 heavy (non-hydrogen) atoms.